The van der Waals surface area contributed by atoms with Gasteiger partial charge in [0.15, 0.2) is 0 Å². The van der Waals surface area contributed by atoms with Crippen molar-refractivity contribution in [3.05, 3.63) is 96.6 Å². The van der Waals surface area contributed by atoms with Crippen LogP contribution in [0.25, 0.3) is 27.9 Å². The van der Waals surface area contributed by atoms with E-state index in [0.29, 0.717) is 10.9 Å². The number of benzene rings is 1. The maximum Gasteiger partial charge on any atom is 0.331 e. The monoisotopic (exact) mass is 456 g/mol. The highest BCUT2D eigenvalue weighted by atomic mass is 32.1. The number of nitrogens with zero attached hydrogens (tertiary/aromatic N) is 3. The van der Waals surface area contributed by atoms with Crippen LogP contribution in [0, 0.1) is 6.92 Å². The summed E-state index contributed by atoms with van der Waals surface area (Å²) >= 11 is 1.67. The number of rotatable bonds is 2. The summed E-state index contributed by atoms with van der Waals surface area (Å²) < 4.78 is 5.12. The van der Waals surface area contributed by atoms with Gasteiger partial charge in [-0.1, -0.05) is 35.9 Å². The molecule has 3 aromatic heterocycles. The zero-order valence-electron chi connectivity index (χ0n) is 18.8. The lowest BCUT2D eigenvalue weighted by atomic mass is 10.0. The number of aromatic nitrogens is 3. The lowest BCUT2D eigenvalue weighted by molar-refractivity contribution is 0.635. The Bertz CT molecular complexity index is 1610. The van der Waals surface area contributed by atoms with E-state index in [1.165, 1.54) is 4.57 Å². The van der Waals surface area contributed by atoms with Gasteiger partial charge in [0.2, 0.25) is 0 Å². The minimum atomic E-state index is -0.315. The molecule has 0 amide bonds. The molecule has 6 rings (SSSR count). The zero-order chi connectivity index (χ0) is 22.9. The van der Waals surface area contributed by atoms with Gasteiger partial charge in [-0.25, -0.2) is 4.79 Å². The number of allylic oxidation sites excluding steroid dienone is 3. The molecule has 4 heterocycles. The molecule has 33 heavy (non-hydrogen) atoms. The molecule has 0 saturated heterocycles. The maximum absolute atomic E-state index is 13.6. The fourth-order valence-electron chi connectivity index (χ4n) is 5.21. The van der Waals surface area contributed by atoms with E-state index in [-0.39, 0.29) is 17.3 Å². The van der Waals surface area contributed by atoms with Crippen molar-refractivity contribution in [1.29, 1.82) is 0 Å². The Morgan fingerprint density at radius 1 is 1.09 bits per heavy atom. The third-order valence-electron chi connectivity index (χ3n) is 6.71. The average Bonchev–Trinajstić information content (AvgIpc) is 3.48. The van der Waals surface area contributed by atoms with Crippen LogP contribution in [0.2, 0.25) is 0 Å². The largest absolute Gasteiger partial charge is 0.371 e. The van der Waals surface area contributed by atoms with E-state index in [2.05, 4.69) is 58.6 Å². The number of aryl methyl sites for hydroxylation is 2. The second kappa shape index (κ2) is 7.22. The van der Waals surface area contributed by atoms with Crippen LogP contribution in [-0.2, 0) is 14.1 Å². The van der Waals surface area contributed by atoms with E-state index in [1.54, 1.807) is 30.0 Å². The van der Waals surface area contributed by atoms with Gasteiger partial charge in [-0.15, -0.1) is 11.3 Å². The summed E-state index contributed by atoms with van der Waals surface area (Å²) in [6.45, 7) is 2.06. The average molecular weight is 457 g/mol. The molecule has 1 aliphatic carbocycles. The topological polar surface area (TPSA) is 61.0 Å². The first-order valence-corrected chi connectivity index (χ1v) is 12.0. The summed E-state index contributed by atoms with van der Waals surface area (Å²) in [4.78, 5) is 27.8. The third kappa shape index (κ3) is 2.78. The molecule has 1 N–H and O–H groups in total. The van der Waals surface area contributed by atoms with E-state index in [4.69, 9.17) is 0 Å². The van der Waals surface area contributed by atoms with Crippen LogP contribution in [0.4, 0.5) is 0 Å². The smallest absolute Gasteiger partial charge is 0.331 e. The van der Waals surface area contributed by atoms with Gasteiger partial charge in [-0.2, -0.15) is 0 Å². The molecule has 166 valence electrons. The van der Waals surface area contributed by atoms with Gasteiger partial charge in [0.1, 0.15) is 6.04 Å². The first-order valence-electron chi connectivity index (χ1n) is 11.1. The molecule has 2 aliphatic rings. The van der Waals surface area contributed by atoms with E-state index in [9.17, 15) is 9.59 Å². The molecule has 0 spiro atoms. The Kier molecular flexibility index (Phi) is 4.39. The Labute approximate surface area is 194 Å². The summed E-state index contributed by atoms with van der Waals surface area (Å²) in [5.74, 6) is 0. The number of thiophene rings is 1. The second-order valence-electron chi connectivity index (χ2n) is 8.76. The first kappa shape index (κ1) is 20.1. The summed E-state index contributed by atoms with van der Waals surface area (Å²) in [6.07, 6.45) is 6.12. The predicted molar refractivity (Wildman–Crippen MR) is 133 cm³/mol. The molecule has 7 heteroatoms. The molecule has 1 aliphatic heterocycles. The lowest BCUT2D eigenvalue weighted by Crippen LogP contribution is -2.37. The van der Waals surface area contributed by atoms with Gasteiger partial charge >= 0.3 is 5.69 Å². The number of fused-ring (bicyclic) bond motifs is 4. The van der Waals surface area contributed by atoms with E-state index in [0.717, 1.165) is 51.6 Å². The molecule has 6 nitrogen and oxygen atoms in total. The Balaban J connectivity index is 1.87. The van der Waals surface area contributed by atoms with Gasteiger partial charge in [0.25, 0.3) is 5.56 Å². The van der Waals surface area contributed by atoms with Crippen LogP contribution >= 0.6 is 11.3 Å². The minimum Gasteiger partial charge on any atom is -0.371 e. The molecule has 1 atom stereocenters. The third-order valence-corrected chi connectivity index (χ3v) is 7.65. The van der Waals surface area contributed by atoms with E-state index < -0.39 is 0 Å². The number of nitrogens with one attached hydrogen (secondary N) is 1. The SMILES string of the molecule is Cc1cccc(-c2c3c(=O)n(C)c(=O)n(C)c3c3n2C2=C(C=CCC2)NC3c2cccs2)c1. The fraction of sp³-hybridized carbons (Fsp3) is 0.231. The number of hydrogen-bond donors (Lipinski definition) is 1. The summed E-state index contributed by atoms with van der Waals surface area (Å²) in [5, 5.41) is 6.37. The molecule has 1 unspecified atom stereocenters. The van der Waals surface area contributed by atoms with Crippen LogP contribution < -0.4 is 16.6 Å². The Morgan fingerprint density at radius 2 is 1.94 bits per heavy atom. The van der Waals surface area contributed by atoms with Crippen molar-refractivity contribution in [3.63, 3.8) is 0 Å². The van der Waals surface area contributed by atoms with Crippen molar-refractivity contribution >= 4 is 27.9 Å². The molecular formula is C26H24N4O2S. The van der Waals surface area contributed by atoms with Crippen molar-refractivity contribution in [2.24, 2.45) is 14.1 Å². The molecular weight excluding hydrogens is 432 g/mol. The predicted octanol–water partition coefficient (Wildman–Crippen LogP) is 4.29. The van der Waals surface area contributed by atoms with Gasteiger partial charge in [-0.3, -0.25) is 13.9 Å². The highest BCUT2D eigenvalue weighted by Gasteiger charge is 2.36. The van der Waals surface area contributed by atoms with Crippen molar-refractivity contribution < 1.29 is 0 Å². The van der Waals surface area contributed by atoms with Crippen molar-refractivity contribution in [1.82, 2.24) is 19.0 Å². The van der Waals surface area contributed by atoms with Gasteiger partial charge in [0, 0.05) is 24.7 Å². The first-order chi connectivity index (χ1) is 16.0. The van der Waals surface area contributed by atoms with Crippen molar-refractivity contribution in [2.45, 2.75) is 25.8 Å². The molecule has 0 fully saturated rings. The van der Waals surface area contributed by atoms with E-state index >= 15 is 0 Å². The maximum atomic E-state index is 13.6. The van der Waals surface area contributed by atoms with Crippen molar-refractivity contribution in [3.8, 4) is 11.3 Å². The minimum absolute atomic E-state index is 0.162. The molecule has 1 aromatic carbocycles. The van der Waals surface area contributed by atoms with E-state index in [1.807, 2.05) is 12.1 Å². The van der Waals surface area contributed by atoms with Crippen LogP contribution in [0.15, 0.2) is 69.2 Å². The molecule has 0 bridgehead atoms. The Morgan fingerprint density at radius 3 is 2.70 bits per heavy atom. The quantitative estimate of drug-likeness (QED) is 0.490. The van der Waals surface area contributed by atoms with Crippen LogP contribution in [0.3, 0.4) is 0 Å². The Hall–Kier alpha value is -3.58. The highest BCUT2D eigenvalue weighted by Crippen LogP contribution is 2.45. The van der Waals surface area contributed by atoms with Crippen LogP contribution in [0.1, 0.15) is 35.0 Å². The molecule has 4 aromatic rings. The second-order valence-corrected chi connectivity index (χ2v) is 9.74. The van der Waals surface area contributed by atoms with Crippen molar-refractivity contribution in [2.75, 3.05) is 0 Å². The fourth-order valence-corrected chi connectivity index (χ4v) is 5.99. The van der Waals surface area contributed by atoms with Gasteiger partial charge < -0.3 is 9.88 Å². The molecule has 0 saturated carbocycles. The highest BCUT2D eigenvalue weighted by molar-refractivity contribution is 7.10. The van der Waals surface area contributed by atoms with Crippen LogP contribution in [-0.4, -0.2) is 13.7 Å². The summed E-state index contributed by atoms with van der Waals surface area (Å²) in [7, 11) is 3.32. The van der Waals surface area contributed by atoms with Gasteiger partial charge in [0.05, 0.1) is 28.0 Å². The van der Waals surface area contributed by atoms with Gasteiger partial charge in [-0.05, 0) is 48.9 Å². The lowest BCUT2D eigenvalue weighted by Gasteiger charge is -2.33. The standard InChI is InChI=1S/C26H24N4O2S/c1-15-8-6-9-16(14-15)22-20-23(28(2)26(32)29(3)25(20)31)24-21(19-12-7-13-33-19)27-17-10-4-5-11-18(17)30(22)24/h4,6-10,12-14,21,27H,5,11H2,1-3H3. The number of hydrogen-bond acceptors (Lipinski definition) is 4. The zero-order valence-corrected chi connectivity index (χ0v) is 19.6. The normalized spacial score (nSPS) is 17.2. The summed E-state index contributed by atoms with van der Waals surface area (Å²) in [6, 6.07) is 12.2. The molecule has 0 radical (unpaired) electrons. The summed E-state index contributed by atoms with van der Waals surface area (Å²) in [5.41, 5.74) is 6.27. The van der Waals surface area contributed by atoms with Crippen LogP contribution in [0.5, 0.6) is 0 Å².